The molecular formula is C11H15IO4. The number of allylic oxidation sites excluding steroid dienone is 1. The highest BCUT2D eigenvalue weighted by molar-refractivity contribution is 14.1. The summed E-state index contributed by atoms with van der Waals surface area (Å²) in [4.78, 5) is 22.8. The van der Waals surface area contributed by atoms with Crippen molar-refractivity contribution >= 4 is 34.5 Å². The topological polar surface area (TPSA) is 52.6 Å². The summed E-state index contributed by atoms with van der Waals surface area (Å²) < 4.78 is 10.8. The first-order chi connectivity index (χ1) is 7.67. The normalized spacial score (nSPS) is 24.8. The summed E-state index contributed by atoms with van der Waals surface area (Å²) in [5.41, 5.74) is 0.621. The van der Waals surface area contributed by atoms with Gasteiger partial charge in [-0.05, 0) is 13.3 Å². The van der Waals surface area contributed by atoms with Crippen molar-refractivity contribution in [3.8, 4) is 0 Å². The first-order valence-electron chi connectivity index (χ1n) is 5.29. The van der Waals surface area contributed by atoms with Crippen LogP contribution < -0.4 is 0 Å². The van der Waals surface area contributed by atoms with Crippen LogP contribution in [0.15, 0.2) is 11.6 Å². The Morgan fingerprint density at radius 1 is 1.69 bits per heavy atom. The van der Waals surface area contributed by atoms with E-state index < -0.39 is 0 Å². The molecule has 1 unspecified atom stereocenters. The van der Waals surface area contributed by atoms with Crippen LogP contribution in [-0.2, 0) is 19.1 Å². The molecule has 0 aromatic rings. The largest absolute Gasteiger partial charge is 0.463 e. The number of hydrogen-bond donors (Lipinski definition) is 0. The lowest BCUT2D eigenvalue weighted by molar-refractivity contribution is -0.149. The van der Waals surface area contributed by atoms with Crippen molar-refractivity contribution in [1.29, 1.82) is 0 Å². The van der Waals surface area contributed by atoms with Gasteiger partial charge in [0.1, 0.15) is 6.10 Å². The minimum atomic E-state index is -0.296. The van der Waals surface area contributed by atoms with Gasteiger partial charge in [0, 0.05) is 22.8 Å². The molecule has 4 nitrogen and oxygen atoms in total. The zero-order valence-electron chi connectivity index (χ0n) is 9.20. The number of cyclic esters (lactones) is 1. The van der Waals surface area contributed by atoms with Crippen molar-refractivity contribution in [2.45, 2.75) is 32.3 Å². The third kappa shape index (κ3) is 4.11. The van der Waals surface area contributed by atoms with Gasteiger partial charge in [-0.15, -0.1) is 0 Å². The second-order valence-corrected chi connectivity index (χ2v) is 4.34. The maximum atomic E-state index is 11.6. The molecule has 16 heavy (non-hydrogen) atoms. The molecule has 1 heterocycles. The molecule has 0 aromatic carbocycles. The van der Waals surface area contributed by atoms with Crippen molar-refractivity contribution in [1.82, 2.24) is 0 Å². The molecule has 1 rings (SSSR count). The molecule has 0 N–H and O–H groups in total. The molecule has 0 amide bonds. The molecule has 0 saturated heterocycles. The maximum Gasteiger partial charge on any atom is 0.333 e. The van der Waals surface area contributed by atoms with Crippen LogP contribution in [0.1, 0.15) is 26.2 Å². The van der Waals surface area contributed by atoms with E-state index in [0.29, 0.717) is 35.9 Å². The van der Waals surface area contributed by atoms with Gasteiger partial charge >= 0.3 is 11.9 Å². The molecule has 5 heteroatoms. The predicted octanol–water partition coefficient (Wildman–Crippen LogP) is 2.01. The smallest absolute Gasteiger partial charge is 0.333 e. The number of hydrogen-bond acceptors (Lipinski definition) is 4. The third-order valence-electron chi connectivity index (χ3n) is 2.19. The average Bonchev–Trinajstić information content (AvgIpc) is 2.23. The van der Waals surface area contributed by atoms with Crippen LogP contribution in [0.5, 0.6) is 0 Å². The van der Waals surface area contributed by atoms with Crippen molar-refractivity contribution in [2.75, 3.05) is 11.0 Å². The second kappa shape index (κ2) is 6.88. The lowest BCUT2D eigenvalue weighted by atomic mass is 10.1. The number of esters is 2. The molecule has 0 radical (unpaired) electrons. The Morgan fingerprint density at radius 3 is 3.06 bits per heavy atom. The summed E-state index contributed by atoms with van der Waals surface area (Å²) in [5, 5.41) is 0. The van der Waals surface area contributed by atoms with Crippen molar-refractivity contribution in [3.05, 3.63) is 11.6 Å². The Hall–Kier alpha value is -0.590. The molecular weight excluding hydrogens is 323 g/mol. The van der Waals surface area contributed by atoms with E-state index in [1.165, 1.54) is 0 Å². The fraction of sp³-hybridized carbons (Fsp3) is 0.636. The first-order valence-corrected chi connectivity index (χ1v) is 6.81. The Bertz CT molecular complexity index is 298. The number of ether oxygens (including phenoxy) is 2. The van der Waals surface area contributed by atoms with E-state index in [2.05, 4.69) is 22.6 Å². The number of alkyl halides is 1. The first kappa shape index (κ1) is 13.5. The third-order valence-corrected chi connectivity index (χ3v) is 3.18. The van der Waals surface area contributed by atoms with Gasteiger partial charge in [-0.1, -0.05) is 28.7 Å². The van der Waals surface area contributed by atoms with Crippen LogP contribution in [-0.4, -0.2) is 29.1 Å². The Balaban J connectivity index is 2.71. The summed E-state index contributed by atoms with van der Waals surface area (Å²) in [7, 11) is 0. The van der Waals surface area contributed by atoms with E-state index in [4.69, 9.17) is 9.47 Å². The summed E-state index contributed by atoms with van der Waals surface area (Å²) in [6, 6.07) is 0. The fourth-order valence-electron chi connectivity index (χ4n) is 1.46. The van der Waals surface area contributed by atoms with Crippen molar-refractivity contribution in [3.63, 3.8) is 0 Å². The SMILES string of the molecule is CCOC(=O)/C1=C/CCC(=O)OC(CI)C1. The molecule has 0 saturated carbocycles. The monoisotopic (exact) mass is 338 g/mol. The summed E-state index contributed by atoms with van der Waals surface area (Å²) >= 11 is 2.14. The van der Waals surface area contributed by atoms with Gasteiger partial charge in [0.25, 0.3) is 0 Å². The Morgan fingerprint density at radius 2 is 2.44 bits per heavy atom. The molecule has 0 fully saturated rings. The van der Waals surface area contributed by atoms with Crippen LogP contribution in [0.4, 0.5) is 0 Å². The highest BCUT2D eigenvalue weighted by Crippen LogP contribution is 2.18. The van der Waals surface area contributed by atoms with Crippen molar-refractivity contribution < 1.29 is 19.1 Å². The minimum absolute atomic E-state index is 0.194. The molecule has 0 spiro atoms. The van der Waals surface area contributed by atoms with E-state index >= 15 is 0 Å². The summed E-state index contributed by atoms with van der Waals surface area (Å²) in [6.07, 6.45) is 2.89. The minimum Gasteiger partial charge on any atom is -0.463 e. The maximum absolute atomic E-state index is 11.6. The van der Waals surface area contributed by atoms with Crippen LogP contribution >= 0.6 is 22.6 Å². The number of rotatable bonds is 3. The van der Waals surface area contributed by atoms with Gasteiger partial charge < -0.3 is 9.47 Å². The molecule has 1 aliphatic heterocycles. The van der Waals surface area contributed by atoms with Gasteiger partial charge in [0.05, 0.1) is 6.61 Å². The van der Waals surface area contributed by atoms with Gasteiger partial charge in [-0.3, -0.25) is 4.79 Å². The van der Waals surface area contributed by atoms with Gasteiger partial charge in [-0.25, -0.2) is 4.79 Å². The molecule has 1 aliphatic rings. The zero-order valence-corrected chi connectivity index (χ0v) is 11.4. The van der Waals surface area contributed by atoms with Crippen LogP contribution in [0, 0.1) is 0 Å². The molecule has 90 valence electrons. The van der Waals surface area contributed by atoms with E-state index in [0.717, 1.165) is 0 Å². The predicted molar refractivity (Wildman–Crippen MR) is 67.3 cm³/mol. The van der Waals surface area contributed by atoms with E-state index in [-0.39, 0.29) is 18.0 Å². The lowest BCUT2D eigenvalue weighted by Gasteiger charge is -2.19. The lowest BCUT2D eigenvalue weighted by Crippen LogP contribution is -2.24. The Labute approximate surface area is 109 Å². The van der Waals surface area contributed by atoms with Gasteiger partial charge in [-0.2, -0.15) is 0 Å². The molecule has 0 aliphatic carbocycles. The van der Waals surface area contributed by atoms with E-state index in [9.17, 15) is 9.59 Å². The van der Waals surface area contributed by atoms with Gasteiger partial charge in [0.2, 0.25) is 0 Å². The van der Waals surface area contributed by atoms with Crippen LogP contribution in [0.25, 0.3) is 0 Å². The molecule has 0 bridgehead atoms. The quantitative estimate of drug-likeness (QED) is 0.449. The zero-order chi connectivity index (χ0) is 12.0. The fourth-order valence-corrected chi connectivity index (χ4v) is 1.95. The van der Waals surface area contributed by atoms with Gasteiger partial charge in [0.15, 0.2) is 0 Å². The number of carbonyl (C=O) groups is 2. The standard InChI is InChI=1S/C11H15IO4/c1-2-15-11(14)8-4-3-5-10(13)16-9(6-8)7-12/h4,9H,2-3,5-7H2,1H3/b8-4+. The van der Waals surface area contributed by atoms with Crippen LogP contribution in [0.2, 0.25) is 0 Å². The molecule has 0 aromatic heterocycles. The van der Waals surface area contributed by atoms with E-state index in [1.807, 2.05) is 0 Å². The average molecular weight is 338 g/mol. The second-order valence-electron chi connectivity index (χ2n) is 3.46. The van der Waals surface area contributed by atoms with Crippen molar-refractivity contribution in [2.24, 2.45) is 0 Å². The highest BCUT2D eigenvalue weighted by atomic mass is 127. The number of halogens is 1. The Kier molecular flexibility index (Phi) is 5.79. The number of carbonyl (C=O) groups excluding carboxylic acids is 2. The summed E-state index contributed by atoms with van der Waals surface area (Å²) in [5.74, 6) is -0.490. The highest BCUT2D eigenvalue weighted by Gasteiger charge is 2.21. The summed E-state index contributed by atoms with van der Waals surface area (Å²) in [6.45, 7) is 2.14. The van der Waals surface area contributed by atoms with Crippen LogP contribution in [0.3, 0.4) is 0 Å². The van der Waals surface area contributed by atoms with E-state index in [1.54, 1.807) is 13.0 Å². The molecule has 1 atom stereocenters.